The molecule has 3 N–H and O–H groups in total. The van der Waals surface area contributed by atoms with Crippen LogP contribution in [0.25, 0.3) is 0 Å². The third-order valence-electron chi connectivity index (χ3n) is 5.27. The number of rotatable bonds is 5. The number of fused-ring (bicyclic) bond motifs is 1. The van der Waals surface area contributed by atoms with E-state index < -0.39 is 11.4 Å². The predicted octanol–water partition coefficient (Wildman–Crippen LogP) is 0.409. The number of amides is 3. The van der Waals surface area contributed by atoms with Crippen LogP contribution in [0.2, 0.25) is 0 Å². The molecule has 22 heavy (non-hydrogen) atoms. The van der Waals surface area contributed by atoms with E-state index in [4.69, 9.17) is 0 Å². The molecule has 0 aromatic carbocycles. The second-order valence-corrected chi connectivity index (χ2v) is 6.84. The van der Waals surface area contributed by atoms with Gasteiger partial charge in [0.1, 0.15) is 0 Å². The smallest absolute Gasteiger partial charge is 0.317 e. The Kier molecular flexibility index (Phi) is 3.97. The average Bonchev–Trinajstić information content (AvgIpc) is 3.09. The molecule has 3 rings (SSSR count). The Balaban J connectivity index is 1.47. The number of carboxylic acid groups (broad SMARTS) is 1. The molecular weight excluding hydrogens is 286 g/mol. The molecule has 7 heteroatoms. The van der Waals surface area contributed by atoms with E-state index in [1.54, 1.807) is 4.90 Å². The maximum atomic E-state index is 12.1. The van der Waals surface area contributed by atoms with Gasteiger partial charge in [0.2, 0.25) is 5.91 Å². The molecule has 1 aliphatic heterocycles. The quantitative estimate of drug-likeness (QED) is 0.685. The molecule has 0 aromatic heterocycles. The number of urea groups is 1. The topological polar surface area (TPSA) is 98.7 Å². The molecule has 7 nitrogen and oxygen atoms in total. The van der Waals surface area contributed by atoms with E-state index in [1.807, 2.05) is 0 Å². The number of hydrogen-bond acceptors (Lipinski definition) is 3. The Labute approximate surface area is 129 Å². The van der Waals surface area contributed by atoms with Crippen molar-refractivity contribution < 1.29 is 19.5 Å². The van der Waals surface area contributed by atoms with Gasteiger partial charge in [-0.1, -0.05) is 6.42 Å². The maximum Gasteiger partial charge on any atom is 0.317 e. The number of carbonyl (C=O) groups is 3. The van der Waals surface area contributed by atoms with Gasteiger partial charge in [-0.25, -0.2) is 4.79 Å². The van der Waals surface area contributed by atoms with Crippen LogP contribution in [-0.2, 0) is 9.59 Å². The number of carboxylic acids is 1. The van der Waals surface area contributed by atoms with Crippen molar-refractivity contribution in [1.29, 1.82) is 0 Å². The molecule has 2 saturated carbocycles. The van der Waals surface area contributed by atoms with Crippen LogP contribution >= 0.6 is 0 Å². The minimum atomic E-state index is -0.799. The fraction of sp³-hybridized carbons (Fsp3) is 0.800. The van der Waals surface area contributed by atoms with Gasteiger partial charge in [0.25, 0.3) is 0 Å². The van der Waals surface area contributed by atoms with Crippen LogP contribution in [0.3, 0.4) is 0 Å². The lowest BCUT2D eigenvalue weighted by Crippen LogP contribution is -2.45. The highest BCUT2D eigenvalue weighted by atomic mass is 16.4. The second-order valence-electron chi connectivity index (χ2n) is 6.84. The van der Waals surface area contributed by atoms with Crippen LogP contribution in [-0.4, -0.2) is 54.1 Å². The van der Waals surface area contributed by atoms with Gasteiger partial charge in [-0.05, 0) is 37.5 Å². The first-order valence-electron chi connectivity index (χ1n) is 8.04. The normalized spacial score (nSPS) is 30.0. The lowest BCUT2D eigenvalue weighted by Gasteiger charge is -2.23. The highest BCUT2D eigenvalue weighted by molar-refractivity contribution is 5.85. The van der Waals surface area contributed by atoms with Gasteiger partial charge in [0, 0.05) is 19.6 Å². The van der Waals surface area contributed by atoms with Gasteiger partial charge in [0.05, 0.1) is 12.0 Å². The first kappa shape index (κ1) is 15.1. The lowest BCUT2D eigenvalue weighted by molar-refractivity contribution is -0.149. The van der Waals surface area contributed by atoms with Gasteiger partial charge in [-0.3, -0.25) is 9.59 Å². The van der Waals surface area contributed by atoms with Crippen LogP contribution < -0.4 is 10.6 Å². The summed E-state index contributed by atoms with van der Waals surface area (Å²) in [4.78, 5) is 36.9. The first-order valence-corrected chi connectivity index (χ1v) is 8.04. The molecular formula is C15H23N3O4. The molecule has 0 bridgehead atoms. The third kappa shape index (κ3) is 2.89. The van der Waals surface area contributed by atoms with Crippen molar-refractivity contribution in [1.82, 2.24) is 15.5 Å². The molecule has 3 aliphatic rings. The van der Waals surface area contributed by atoms with Crippen LogP contribution in [0.1, 0.15) is 32.1 Å². The molecule has 2 aliphatic carbocycles. The monoisotopic (exact) mass is 309 g/mol. The Morgan fingerprint density at radius 2 is 1.95 bits per heavy atom. The molecule has 3 amide bonds. The van der Waals surface area contributed by atoms with Crippen LogP contribution in [0.4, 0.5) is 4.79 Å². The van der Waals surface area contributed by atoms with Crippen molar-refractivity contribution >= 4 is 17.9 Å². The van der Waals surface area contributed by atoms with Crippen molar-refractivity contribution in [3.8, 4) is 0 Å². The molecule has 0 spiro atoms. The first-order chi connectivity index (χ1) is 10.5. The van der Waals surface area contributed by atoms with Gasteiger partial charge in [0.15, 0.2) is 0 Å². The van der Waals surface area contributed by atoms with Crippen molar-refractivity contribution in [2.24, 2.45) is 17.3 Å². The summed E-state index contributed by atoms with van der Waals surface area (Å²) >= 11 is 0. The predicted molar refractivity (Wildman–Crippen MR) is 78.1 cm³/mol. The van der Waals surface area contributed by atoms with Crippen LogP contribution in [0, 0.1) is 17.3 Å². The lowest BCUT2D eigenvalue weighted by atomic mass is 9.81. The fourth-order valence-corrected chi connectivity index (χ4v) is 3.70. The molecule has 2 atom stereocenters. The van der Waals surface area contributed by atoms with Crippen LogP contribution in [0.5, 0.6) is 0 Å². The third-order valence-corrected chi connectivity index (χ3v) is 5.27. The van der Waals surface area contributed by atoms with Crippen molar-refractivity contribution in [3.05, 3.63) is 0 Å². The Bertz CT molecular complexity index is 491. The van der Waals surface area contributed by atoms with E-state index in [2.05, 4.69) is 10.6 Å². The Morgan fingerprint density at radius 3 is 2.59 bits per heavy atom. The summed E-state index contributed by atoms with van der Waals surface area (Å²) in [5.41, 5.74) is -0.772. The Hall–Kier alpha value is -1.79. The van der Waals surface area contributed by atoms with Crippen molar-refractivity contribution in [2.45, 2.75) is 32.1 Å². The number of nitrogens with zero attached hydrogens (tertiary/aromatic N) is 1. The van der Waals surface area contributed by atoms with E-state index in [1.165, 1.54) is 12.8 Å². The summed E-state index contributed by atoms with van der Waals surface area (Å²) in [6.07, 6.45) is 4.74. The molecule has 0 aromatic rings. The summed E-state index contributed by atoms with van der Waals surface area (Å²) < 4.78 is 0. The number of likely N-dealkylation sites (tertiary alicyclic amines) is 1. The fourth-order valence-electron chi connectivity index (χ4n) is 3.70. The van der Waals surface area contributed by atoms with Gasteiger partial charge >= 0.3 is 12.0 Å². The minimum Gasteiger partial charge on any atom is -0.481 e. The summed E-state index contributed by atoms with van der Waals surface area (Å²) in [6, 6.07) is -0.336. The molecule has 0 radical (unpaired) electrons. The Morgan fingerprint density at radius 1 is 1.18 bits per heavy atom. The van der Waals surface area contributed by atoms with Gasteiger partial charge in [-0.15, -0.1) is 0 Å². The summed E-state index contributed by atoms with van der Waals surface area (Å²) in [5.74, 6) is -0.340. The van der Waals surface area contributed by atoms with E-state index in [0.29, 0.717) is 25.4 Å². The van der Waals surface area contributed by atoms with Crippen LogP contribution in [0.15, 0.2) is 0 Å². The molecule has 3 fully saturated rings. The zero-order chi connectivity index (χ0) is 15.7. The van der Waals surface area contributed by atoms with E-state index >= 15 is 0 Å². The maximum absolute atomic E-state index is 12.1. The largest absolute Gasteiger partial charge is 0.481 e. The summed E-state index contributed by atoms with van der Waals surface area (Å²) in [6.45, 7) is 1.36. The molecule has 1 saturated heterocycles. The van der Waals surface area contributed by atoms with Gasteiger partial charge < -0.3 is 20.6 Å². The SMILES string of the molecule is O=C(CNC(=O)N1C[C@@H]2CCC[C@@]2(C(=O)O)C1)NCC1CC1. The number of nitrogens with one attached hydrogen (secondary N) is 2. The summed E-state index contributed by atoms with van der Waals surface area (Å²) in [5, 5.41) is 14.9. The average molecular weight is 309 g/mol. The molecule has 0 unspecified atom stereocenters. The minimum absolute atomic E-state index is 0.0412. The number of carbonyl (C=O) groups excluding carboxylic acids is 2. The van der Waals surface area contributed by atoms with E-state index in [9.17, 15) is 19.5 Å². The van der Waals surface area contributed by atoms with Crippen molar-refractivity contribution in [2.75, 3.05) is 26.2 Å². The summed E-state index contributed by atoms with van der Waals surface area (Å²) in [7, 11) is 0. The van der Waals surface area contributed by atoms with E-state index in [-0.39, 0.29) is 30.9 Å². The number of hydrogen-bond donors (Lipinski definition) is 3. The van der Waals surface area contributed by atoms with Crippen molar-refractivity contribution in [3.63, 3.8) is 0 Å². The van der Waals surface area contributed by atoms with Gasteiger partial charge in [-0.2, -0.15) is 0 Å². The second kappa shape index (κ2) is 5.78. The molecule has 1 heterocycles. The zero-order valence-corrected chi connectivity index (χ0v) is 12.6. The van der Waals surface area contributed by atoms with E-state index in [0.717, 1.165) is 12.8 Å². The zero-order valence-electron chi connectivity index (χ0n) is 12.6. The highest BCUT2D eigenvalue weighted by Crippen LogP contribution is 2.48. The highest BCUT2D eigenvalue weighted by Gasteiger charge is 2.55. The molecule has 122 valence electrons. The number of aliphatic carboxylic acids is 1. The standard InChI is InChI=1S/C15H23N3O4/c19-12(16-6-10-3-4-10)7-17-14(22)18-8-11-2-1-5-15(11,9-18)13(20)21/h10-11H,1-9H2,(H,16,19)(H,17,22)(H,20,21)/t11-,15+/m0/s1.